The van der Waals surface area contributed by atoms with Gasteiger partial charge in [0, 0.05) is 0 Å². The Kier molecular flexibility index (Phi) is 2.60. The van der Waals surface area contributed by atoms with E-state index in [1.807, 2.05) is 23.8 Å². The lowest BCUT2D eigenvalue weighted by Crippen LogP contribution is -2.37. The van der Waals surface area contributed by atoms with Gasteiger partial charge in [-0.3, -0.25) is 9.78 Å². The number of H-pyrrole nitrogens is 1. The topological polar surface area (TPSA) is 75.6 Å². The molecular weight excluding hydrogens is 204 g/mol. The van der Waals surface area contributed by atoms with Gasteiger partial charge in [-0.2, -0.15) is 0 Å². The fourth-order valence-electron chi connectivity index (χ4n) is 1.82. The maximum atomic E-state index is 11.7. The highest BCUT2D eigenvalue weighted by Crippen LogP contribution is 2.05. The monoisotopic (exact) mass is 219 g/mol. The zero-order chi connectivity index (χ0) is 11.7. The van der Waals surface area contributed by atoms with E-state index in [1.165, 1.54) is 0 Å². The molecule has 0 aromatic carbocycles. The van der Waals surface area contributed by atoms with Crippen molar-refractivity contribution in [1.82, 2.24) is 9.97 Å². The second-order valence-electron chi connectivity index (χ2n) is 3.90. The van der Waals surface area contributed by atoms with Crippen LogP contribution in [0.1, 0.15) is 18.9 Å². The van der Waals surface area contributed by atoms with Crippen LogP contribution < -0.4 is 15.9 Å². The minimum Gasteiger partial charge on any atom is -0.348 e. The number of hydrogen-bond donors (Lipinski definition) is 2. The third-order valence-corrected chi connectivity index (χ3v) is 2.42. The van der Waals surface area contributed by atoms with Crippen molar-refractivity contribution < 1.29 is 4.57 Å². The second-order valence-corrected chi connectivity index (χ2v) is 3.90. The van der Waals surface area contributed by atoms with Gasteiger partial charge in [-0.15, -0.1) is 0 Å². The highest BCUT2D eigenvalue weighted by atomic mass is 16.1. The minimum atomic E-state index is -0.184. The summed E-state index contributed by atoms with van der Waals surface area (Å²) in [5.41, 5.74) is 7.05. The normalized spacial score (nSPS) is 10.9. The molecule has 5 nitrogen and oxygen atoms in total. The molecule has 5 heteroatoms. The number of hydrogen-bond acceptors (Lipinski definition) is 3. The molecule has 2 rings (SSSR count). The van der Waals surface area contributed by atoms with Gasteiger partial charge in [0.1, 0.15) is 5.39 Å². The van der Waals surface area contributed by atoms with Crippen molar-refractivity contribution in [2.75, 3.05) is 5.73 Å². The zero-order valence-corrected chi connectivity index (χ0v) is 9.45. The number of nitrogens with zero attached hydrogens (tertiary/aromatic N) is 2. The summed E-state index contributed by atoms with van der Waals surface area (Å²) in [5, 5.41) is 0.586. The maximum Gasteiger partial charge on any atom is 0.340 e. The molecule has 0 amide bonds. The van der Waals surface area contributed by atoms with E-state index < -0.39 is 0 Å². The van der Waals surface area contributed by atoms with Crippen LogP contribution in [0.5, 0.6) is 0 Å². The Morgan fingerprint density at radius 2 is 2.31 bits per heavy atom. The standard InChI is InChI=1S/C11H14N4O/c1-3-4-15-6-7(2)5-8-9(15)13-11(12)14-10(8)16/h5-6H,3-4H2,1-2H3,(H2,12,14,16)/p+1. The Bertz CT molecular complexity index is 588. The number of nitrogens with two attached hydrogens (primary N) is 1. The van der Waals surface area contributed by atoms with Crippen LogP contribution in [0.2, 0.25) is 0 Å². The number of pyridine rings is 1. The van der Waals surface area contributed by atoms with Crippen LogP contribution in [0.3, 0.4) is 0 Å². The number of aromatic amines is 1. The average Bonchev–Trinajstić information content (AvgIpc) is 2.20. The molecule has 0 unspecified atom stereocenters. The minimum absolute atomic E-state index is 0.159. The Balaban J connectivity index is 2.84. The summed E-state index contributed by atoms with van der Waals surface area (Å²) < 4.78 is 1.97. The summed E-state index contributed by atoms with van der Waals surface area (Å²) in [6.07, 6.45) is 2.97. The van der Waals surface area contributed by atoms with Crippen LogP contribution in [0.25, 0.3) is 11.0 Å². The molecule has 84 valence electrons. The summed E-state index contributed by atoms with van der Waals surface area (Å²) in [6.45, 7) is 4.87. The fraction of sp³-hybridized carbons (Fsp3) is 0.364. The maximum absolute atomic E-state index is 11.7. The Hall–Kier alpha value is -1.91. The summed E-state index contributed by atoms with van der Waals surface area (Å²) in [5.74, 6) is 0.159. The molecule has 16 heavy (non-hydrogen) atoms. The first kappa shape index (κ1) is 10.6. The van der Waals surface area contributed by atoms with Crippen molar-refractivity contribution in [3.63, 3.8) is 0 Å². The van der Waals surface area contributed by atoms with Gasteiger partial charge in [0.05, 0.1) is 12.7 Å². The van der Waals surface area contributed by atoms with Crippen molar-refractivity contribution in [2.45, 2.75) is 26.8 Å². The summed E-state index contributed by atoms with van der Waals surface area (Å²) >= 11 is 0. The molecule has 0 aliphatic carbocycles. The number of anilines is 1. The van der Waals surface area contributed by atoms with E-state index >= 15 is 0 Å². The van der Waals surface area contributed by atoms with E-state index in [2.05, 4.69) is 16.9 Å². The van der Waals surface area contributed by atoms with Crippen molar-refractivity contribution in [3.8, 4) is 0 Å². The number of nitrogens with one attached hydrogen (secondary N) is 1. The summed E-state index contributed by atoms with van der Waals surface area (Å²) in [4.78, 5) is 18.4. The van der Waals surface area contributed by atoms with Crippen LogP contribution in [0, 0.1) is 6.92 Å². The van der Waals surface area contributed by atoms with Crippen molar-refractivity contribution in [2.24, 2.45) is 0 Å². The molecule has 0 spiro atoms. The van der Waals surface area contributed by atoms with Crippen molar-refractivity contribution in [1.29, 1.82) is 0 Å². The van der Waals surface area contributed by atoms with Gasteiger partial charge in [-0.05, 0) is 30.0 Å². The number of aryl methyl sites for hydroxylation is 2. The number of nitrogen functional groups attached to an aromatic ring is 1. The molecule has 3 N–H and O–H groups in total. The van der Waals surface area contributed by atoms with E-state index in [0.717, 1.165) is 18.5 Å². The van der Waals surface area contributed by atoms with Crippen molar-refractivity contribution in [3.05, 3.63) is 28.2 Å². The number of rotatable bonds is 2. The van der Waals surface area contributed by atoms with Gasteiger partial charge in [0.15, 0.2) is 0 Å². The van der Waals surface area contributed by atoms with E-state index in [-0.39, 0.29) is 11.5 Å². The first-order valence-corrected chi connectivity index (χ1v) is 5.31. The lowest BCUT2D eigenvalue weighted by Gasteiger charge is -2.02. The van der Waals surface area contributed by atoms with Gasteiger partial charge in [-0.1, -0.05) is 6.92 Å². The van der Waals surface area contributed by atoms with Crippen molar-refractivity contribution >= 4 is 17.0 Å². The lowest BCUT2D eigenvalue weighted by atomic mass is 10.2. The van der Waals surface area contributed by atoms with E-state index in [0.29, 0.717) is 11.0 Å². The third-order valence-electron chi connectivity index (χ3n) is 2.42. The Morgan fingerprint density at radius 1 is 1.56 bits per heavy atom. The highest BCUT2D eigenvalue weighted by Gasteiger charge is 2.15. The van der Waals surface area contributed by atoms with Crippen LogP contribution in [-0.2, 0) is 6.54 Å². The van der Waals surface area contributed by atoms with E-state index in [9.17, 15) is 4.79 Å². The van der Waals surface area contributed by atoms with Crippen LogP contribution in [-0.4, -0.2) is 9.97 Å². The molecule has 0 bridgehead atoms. The molecule has 0 fully saturated rings. The smallest absolute Gasteiger partial charge is 0.340 e. The zero-order valence-electron chi connectivity index (χ0n) is 9.45. The van der Waals surface area contributed by atoms with Gasteiger partial charge in [0.25, 0.3) is 5.56 Å². The average molecular weight is 219 g/mol. The summed E-state index contributed by atoms with van der Waals surface area (Å²) in [6, 6.07) is 1.83. The quantitative estimate of drug-likeness (QED) is 0.723. The molecule has 2 aromatic heterocycles. The third kappa shape index (κ3) is 1.76. The predicted octanol–water partition coefficient (Wildman–Crippen LogP) is 0.511. The molecule has 0 saturated carbocycles. The van der Waals surface area contributed by atoms with Gasteiger partial charge in [0.2, 0.25) is 0 Å². The van der Waals surface area contributed by atoms with Gasteiger partial charge >= 0.3 is 11.6 Å². The molecule has 0 saturated heterocycles. The molecule has 0 radical (unpaired) electrons. The molecule has 2 aromatic rings. The Morgan fingerprint density at radius 3 is 3.00 bits per heavy atom. The van der Waals surface area contributed by atoms with E-state index in [1.54, 1.807) is 0 Å². The molecule has 0 atom stereocenters. The molecule has 0 aliphatic heterocycles. The van der Waals surface area contributed by atoms with Gasteiger partial charge < -0.3 is 5.73 Å². The molecular formula is C11H15N4O+. The van der Waals surface area contributed by atoms with Gasteiger partial charge in [-0.25, -0.2) is 4.57 Å². The van der Waals surface area contributed by atoms with Crippen LogP contribution >= 0.6 is 0 Å². The van der Waals surface area contributed by atoms with Crippen LogP contribution in [0.4, 0.5) is 5.95 Å². The highest BCUT2D eigenvalue weighted by molar-refractivity contribution is 5.71. The van der Waals surface area contributed by atoms with Crippen LogP contribution in [0.15, 0.2) is 17.1 Å². The molecule has 2 heterocycles. The second kappa shape index (κ2) is 3.92. The summed E-state index contributed by atoms with van der Waals surface area (Å²) in [7, 11) is 0. The first-order valence-electron chi connectivity index (χ1n) is 5.31. The SMILES string of the molecule is CCC[n+]1cc(C)cc2c(=O)[nH]c(N)nc21. The van der Waals surface area contributed by atoms with E-state index in [4.69, 9.17) is 5.73 Å². The fourth-order valence-corrected chi connectivity index (χ4v) is 1.82. The lowest BCUT2D eigenvalue weighted by molar-refractivity contribution is -0.673. The Labute approximate surface area is 92.9 Å². The first-order chi connectivity index (χ1) is 7.61. The number of aromatic nitrogens is 3. The molecule has 0 aliphatic rings. The number of fused-ring (bicyclic) bond motifs is 1. The predicted molar refractivity (Wildman–Crippen MR) is 62.0 cm³/mol. The largest absolute Gasteiger partial charge is 0.348 e.